The number of nitrogens with zero attached hydrogens (tertiary/aromatic N) is 1. The molecule has 2 heterocycles. The molecule has 2 amide bonds. The maximum Gasteiger partial charge on any atom is 0.243 e. The topological polar surface area (TPSA) is 61.4 Å². The van der Waals surface area contributed by atoms with Crippen molar-refractivity contribution in [3.05, 3.63) is 29.8 Å². The molecule has 0 radical (unpaired) electrons. The molecule has 118 valence electrons. The van der Waals surface area contributed by atoms with Gasteiger partial charge in [-0.1, -0.05) is 12.1 Å². The Bertz CT molecular complexity index is 567. The first-order valence-corrected chi connectivity index (χ1v) is 8.08. The van der Waals surface area contributed by atoms with Gasteiger partial charge in [0.15, 0.2) is 0 Å². The van der Waals surface area contributed by atoms with Gasteiger partial charge in [-0.25, -0.2) is 0 Å². The first kappa shape index (κ1) is 14.9. The van der Waals surface area contributed by atoms with E-state index in [1.165, 1.54) is 18.5 Å². The van der Waals surface area contributed by atoms with Crippen molar-refractivity contribution in [2.24, 2.45) is 0 Å². The second-order valence-corrected chi connectivity index (χ2v) is 6.18. The normalized spacial score (nSPS) is 22.5. The van der Waals surface area contributed by atoms with E-state index >= 15 is 0 Å². The standard InChI is InChI=1S/C17H23N3O2/c1-12(18-17(22)15-7-8-16(21)19-15)13-5-4-6-14(11-13)20-9-2-3-10-20/h4-6,11-12,15H,2-3,7-10H2,1H3,(H,18,22)(H,19,21)/t12-,15-/m1/s1. The molecule has 22 heavy (non-hydrogen) atoms. The Labute approximate surface area is 131 Å². The Balaban J connectivity index is 1.64. The molecule has 5 heteroatoms. The molecule has 0 unspecified atom stereocenters. The fourth-order valence-electron chi connectivity index (χ4n) is 3.17. The van der Waals surface area contributed by atoms with Crippen LogP contribution in [0.3, 0.4) is 0 Å². The molecule has 3 rings (SSSR count). The number of rotatable bonds is 4. The summed E-state index contributed by atoms with van der Waals surface area (Å²) in [5.74, 6) is -0.131. The molecule has 0 bridgehead atoms. The van der Waals surface area contributed by atoms with Gasteiger partial charge in [-0.2, -0.15) is 0 Å². The molecule has 0 aromatic heterocycles. The summed E-state index contributed by atoms with van der Waals surface area (Å²) in [6.07, 6.45) is 3.53. The van der Waals surface area contributed by atoms with E-state index in [0.29, 0.717) is 12.8 Å². The Hall–Kier alpha value is -2.04. The smallest absolute Gasteiger partial charge is 0.243 e. The summed E-state index contributed by atoms with van der Waals surface area (Å²) < 4.78 is 0. The van der Waals surface area contributed by atoms with Crippen LogP contribution in [-0.4, -0.2) is 30.9 Å². The van der Waals surface area contributed by atoms with Crippen LogP contribution in [0, 0.1) is 0 Å². The third kappa shape index (κ3) is 3.24. The van der Waals surface area contributed by atoms with E-state index < -0.39 is 0 Å². The predicted octanol–water partition coefficient (Wildman–Crippen LogP) is 1.74. The van der Waals surface area contributed by atoms with Crippen molar-refractivity contribution in [3.8, 4) is 0 Å². The predicted molar refractivity (Wildman–Crippen MR) is 85.6 cm³/mol. The minimum absolute atomic E-state index is 0.0381. The number of hydrogen-bond donors (Lipinski definition) is 2. The van der Waals surface area contributed by atoms with Crippen LogP contribution >= 0.6 is 0 Å². The Kier molecular flexibility index (Phi) is 4.32. The van der Waals surface area contributed by atoms with E-state index in [1.54, 1.807) is 0 Å². The lowest BCUT2D eigenvalue weighted by atomic mass is 10.1. The van der Waals surface area contributed by atoms with Gasteiger partial charge in [0.1, 0.15) is 6.04 Å². The molecule has 5 nitrogen and oxygen atoms in total. The number of amides is 2. The van der Waals surface area contributed by atoms with Crippen molar-refractivity contribution in [2.75, 3.05) is 18.0 Å². The van der Waals surface area contributed by atoms with E-state index in [0.717, 1.165) is 18.7 Å². The van der Waals surface area contributed by atoms with Crippen molar-refractivity contribution in [1.29, 1.82) is 0 Å². The summed E-state index contributed by atoms with van der Waals surface area (Å²) in [6.45, 7) is 4.20. The molecule has 2 N–H and O–H groups in total. The summed E-state index contributed by atoms with van der Waals surface area (Å²) >= 11 is 0. The van der Waals surface area contributed by atoms with E-state index in [-0.39, 0.29) is 23.9 Å². The number of carbonyl (C=O) groups is 2. The fraction of sp³-hybridized carbons (Fsp3) is 0.529. The number of nitrogens with one attached hydrogen (secondary N) is 2. The number of carbonyl (C=O) groups excluding carboxylic acids is 2. The SMILES string of the molecule is C[C@@H](NC(=O)[C@H]1CCC(=O)N1)c1cccc(N2CCCC2)c1. The van der Waals surface area contributed by atoms with Crippen LogP contribution in [0.2, 0.25) is 0 Å². The third-order valence-corrected chi connectivity index (χ3v) is 4.51. The first-order chi connectivity index (χ1) is 10.6. The van der Waals surface area contributed by atoms with Crippen molar-refractivity contribution in [2.45, 2.75) is 44.7 Å². The average Bonchev–Trinajstić information content (AvgIpc) is 3.18. The van der Waals surface area contributed by atoms with Gasteiger partial charge in [0.2, 0.25) is 11.8 Å². The van der Waals surface area contributed by atoms with Crippen molar-refractivity contribution < 1.29 is 9.59 Å². The number of benzene rings is 1. The van der Waals surface area contributed by atoms with E-state index in [4.69, 9.17) is 0 Å². The van der Waals surface area contributed by atoms with Gasteiger partial charge in [-0.05, 0) is 43.9 Å². The van der Waals surface area contributed by atoms with Crippen molar-refractivity contribution in [3.63, 3.8) is 0 Å². The minimum atomic E-state index is -0.378. The third-order valence-electron chi connectivity index (χ3n) is 4.51. The number of hydrogen-bond acceptors (Lipinski definition) is 3. The molecule has 0 aliphatic carbocycles. The molecule has 1 aromatic rings. The Morgan fingerprint density at radius 1 is 1.36 bits per heavy atom. The molecule has 2 aliphatic heterocycles. The first-order valence-electron chi connectivity index (χ1n) is 8.08. The zero-order valence-corrected chi connectivity index (χ0v) is 13.0. The second-order valence-electron chi connectivity index (χ2n) is 6.18. The highest BCUT2D eigenvalue weighted by atomic mass is 16.2. The van der Waals surface area contributed by atoms with Crippen molar-refractivity contribution >= 4 is 17.5 Å². The van der Waals surface area contributed by atoms with E-state index in [2.05, 4.69) is 27.7 Å². The lowest BCUT2D eigenvalue weighted by Crippen LogP contribution is -2.42. The average molecular weight is 301 g/mol. The summed E-state index contributed by atoms with van der Waals surface area (Å²) in [5.41, 5.74) is 2.33. The molecule has 0 saturated carbocycles. The van der Waals surface area contributed by atoms with Gasteiger partial charge in [-0.15, -0.1) is 0 Å². The van der Waals surface area contributed by atoms with Crippen LogP contribution in [-0.2, 0) is 9.59 Å². The van der Waals surface area contributed by atoms with Gasteiger partial charge < -0.3 is 15.5 Å². The molecular formula is C17H23N3O2. The molecule has 1 aromatic carbocycles. The van der Waals surface area contributed by atoms with Gasteiger partial charge in [-0.3, -0.25) is 9.59 Å². The van der Waals surface area contributed by atoms with E-state index in [9.17, 15) is 9.59 Å². The highest BCUT2D eigenvalue weighted by Gasteiger charge is 2.28. The molecule has 0 spiro atoms. The Morgan fingerprint density at radius 3 is 2.82 bits per heavy atom. The van der Waals surface area contributed by atoms with Gasteiger partial charge >= 0.3 is 0 Å². The lowest BCUT2D eigenvalue weighted by Gasteiger charge is -2.21. The maximum absolute atomic E-state index is 12.2. The maximum atomic E-state index is 12.2. The Morgan fingerprint density at radius 2 is 2.14 bits per heavy atom. The van der Waals surface area contributed by atoms with Gasteiger partial charge in [0.25, 0.3) is 0 Å². The molecule has 2 fully saturated rings. The van der Waals surface area contributed by atoms with Crippen LogP contribution in [0.5, 0.6) is 0 Å². The van der Waals surface area contributed by atoms with E-state index in [1.807, 2.05) is 19.1 Å². The van der Waals surface area contributed by atoms with Crippen LogP contribution in [0.4, 0.5) is 5.69 Å². The summed E-state index contributed by atoms with van der Waals surface area (Å²) in [5, 5.41) is 5.71. The van der Waals surface area contributed by atoms with Crippen molar-refractivity contribution in [1.82, 2.24) is 10.6 Å². The molecule has 2 saturated heterocycles. The van der Waals surface area contributed by atoms with Gasteiger partial charge in [0, 0.05) is 25.2 Å². The number of anilines is 1. The monoisotopic (exact) mass is 301 g/mol. The summed E-state index contributed by atoms with van der Waals surface area (Å²) in [7, 11) is 0. The summed E-state index contributed by atoms with van der Waals surface area (Å²) in [6, 6.07) is 7.93. The molecule has 2 atom stereocenters. The highest BCUT2D eigenvalue weighted by Crippen LogP contribution is 2.24. The zero-order chi connectivity index (χ0) is 15.5. The van der Waals surface area contributed by atoms with Gasteiger partial charge in [0.05, 0.1) is 6.04 Å². The van der Waals surface area contributed by atoms with Crippen LogP contribution < -0.4 is 15.5 Å². The molecule has 2 aliphatic rings. The quantitative estimate of drug-likeness (QED) is 0.890. The van der Waals surface area contributed by atoms with Crippen LogP contribution in [0.15, 0.2) is 24.3 Å². The largest absolute Gasteiger partial charge is 0.372 e. The second kappa shape index (κ2) is 6.38. The zero-order valence-electron chi connectivity index (χ0n) is 13.0. The summed E-state index contributed by atoms with van der Waals surface area (Å²) in [4.78, 5) is 25.8. The van der Waals surface area contributed by atoms with Crippen LogP contribution in [0.1, 0.15) is 44.2 Å². The van der Waals surface area contributed by atoms with Crippen LogP contribution in [0.25, 0.3) is 0 Å². The minimum Gasteiger partial charge on any atom is -0.372 e. The highest BCUT2D eigenvalue weighted by molar-refractivity contribution is 5.90. The fourth-order valence-corrected chi connectivity index (χ4v) is 3.17. The molecular weight excluding hydrogens is 278 g/mol. The lowest BCUT2D eigenvalue weighted by molar-refractivity contribution is -0.126.